The van der Waals surface area contributed by atoms with Gasteiger partial charge in [0, 0.05) is 20.5 Å². The van der Waals surface area contributed by atoms with E-state index in [1.165, 1.54) is 0 Å². The minimum absolute atomic E-state index is 0.0513. The zero-order valence-corrected chi connectivity index (χ0v) is 14.3. The van der Waals surface area contributed by atoms with Gasteiger partial charge in [-0.2, -0.15) is 4.98 Å². The highest BCUT2D eigenvalue weighted by Gasteiger charge is 2.28. The minimum Gasteiger partial charge on any atom is -0.423 e. The average molecular weight is 342 g/mol. The summed E-state index contributed by atoms with van der Waals surface area (Å²) >= 11 is 0. The van der Waals surface area contributed by atoms with Crippen LogP contribution in [0.1, 0.15) is 11.5 Å². The highest BCUT2D eigenvalue weighted by atomic mass is 32.2. The zero-order chi connectivity index (χ0) is 17.2. The molecule has 0 aliphatic heterocycles. The Morgan fingerprint density at radius 2 is 1.54 bits per heavy atom. The number of anilines is 1. The maximum absolute atomic E-state index is 12.9. The third kappa shape index (κ3) is 3.19. The normalized spacial score (nSPS) is 11.4. The predicted octanol–water partition coefficient (Wildman–Crippen LogP) is 3.16. The summed E-state index contributed by atoms with van der Waals surface area (Å²) in [6.45, 7) is 0. The van der Waals surface area contributed by atoms with Gasteiger partial charge in [0.1, 0.15) is 0 Å². The lowest BCUT2D eigenvalue weighted by Gasteiger charge is -2.10. The van der Waals surface area contributed by atoms with Crippen molar-refractivity contribution in [1.29, 1.82) is 0 Å². The molecule has 0 saturated carbocycles. The van der Waals surface area contributed by atoms with Gasteiger partial charge in [-0.3, -0.25) is 0 Å². The van der Waals surface area contributed by atoms with Crippen LogP contribution in [0.2, 0.25) is 0 Å². The summed E-state index contributed by atoms with van der Waals surface area (Å²) in [6, 6.07) is 17.9. The van der Waals surface area contributed by atoms with E-state index in [0.29, 0.717) is 12.3 Å². The first-order valence-electron chi connectivity index (χ1n) is 7.49. The molecule has 0 aliphatic rings. The quantitative estimate of drug-likeness (QED) is 0.713. The molecule has 0 fully saturated rings. The predicted molar refractivity (Wildman–Crippen MR) is 92.0 cm³/mol. The topological polar surface area (TPSA) is 63.4 Å². The van der Waals surface area contributed by atoms with Crippen LogP contribution in [0.4, 0.5) is 5.88 Å². The van der Waals surface area contributed by atoms with Gasteiger partial charge in [-0.25, -0.2) is 8.42 Å². The molecule has 0 N–H and O–H groups in total. The van der Waals surface area contributed by atoms with Crippen molar-refractivity contribution in [3.05, 3.63) is 72.1 Å². The van der Waals surface area contributed by atoms with E-state index in [0.717, 1.165) is 5.56 Å². The number of sulfone groups is 1. The van der Waals surface area contributed by atoms with Gasteiger partial charge >= 0.3 is 0 Å². The molecule has 1 aromatic heterocycles. The molecular weight excluding hydrogens is 324 g/mol. The molecule has 0 spiro atoms. The Hall–Kier alpha value is -2.60. The fraction of sp³-hybridized carbons (Fsp3) is 0.167. The van der Waals surface area contributed by atoms with Crippen LogP contribution in [-0.4, -0.2) is 27.5 Å². The lowest BCUT2D eigenvalue weighted by molar-refractivity contribution is 0.506. The molecule has 6 heteroatoms. The maximum Gasteiger partial charge on any atom is 0.235 e. The van der Waals surface area contributed by atoms with E-state index in [2.05, 4.69) is 4.98 Å². The molecule has 0 aliphatic carbocycles. The number of benzene rings is 2. The lowest BCUT2D eigenvalue weighted by Crippen LogP contribution is -2.13. The smallest absolute Gasteiger partial charge is 0.235 e. The average Bonchev–Trinajstić information content (AvgIpc) is 3.01. The van der Waals surface area contributed by atoms with Crippen molar-refractivity contribution >= 4 is 15.7 Å². The van der Waals surface area contributed by atoms with Gasteiger partial charge < -0.3 is 9.32 Å². The molecule has 0 atom stereocenters. The van der Waals surface area contributed by atoms with Crippen molar-refractivity contribution in [2.75, 3.05) is 19.0 Å². The Labute approximate surface area is 141 Å². The highest BCUT2D eigenvalue weighted by molar-refractivity contribution is 7.91. The standard InChI is InChI=1S/C18H18N2O3S/c1-20(2)18-17(24(21,22)15-11-7-4-8-12-15)19-16(23-18)13-14-9-5-3-6-10-14/h3-12H,13H2,1-2H3. The maximum atomic E-state index is 12.9. The van der Waals surface area contributed by atoms with E-state index in [-0.39, 0.29) is 15.8 Å². The molecular formula is C18H18N2O3S. The van der Waals surface area contributed by atoms with Crippen molar-refractivity contribution < 1.29 is 12.8 Å². The van der Waals surface area contributed by atoms with Gasteiger partial charge in [0.25, 0.3) is 0 Å². The molecule has 3 rings (SSSR count). The largest absolute Gasteiger partial charge is 0.423 e. The van der Waals surface area contributed by atoms with Crippen molar-refractivity contribution in [1.82, 2.24) is 4.98 Å². The van der Waals surface area contributed by atoms with Crippen molar-refractivity contribution in [3.8, 4) is 0 Å². The van der Waals surface area contributed by atoms with E-state index in [1.54, 1.807) is 49.3 Å². The summed E-state index contributed by atoms with van der Waals surface area (Å²) in [5, 5.41) is -0.0513. The number of oxazole rings is 1. The van der Waals surface area contributed by atoms with Crippen LogP contribution < -0.4 is 4.90 Å². The molecule has 124 valence electrons. The summed E-state index contributed by atoms with van der Waals surface area (Å²) in [4.78, 5) is 6.10. The SMILES string of the molecule is CN(C)c1oc(Cc2ccccc2)nc1S(=O)(=O)c1ccccc1. The molecule has 1 heterocycles. The summed E-state index contributed by atoms with van der Waals surface area (Å²) in [6.07, 6.45) is 0.436. The van der Waals surface area contributed by atoms with E-state index in [1.807, 2.05) is 30.3 Å². The van der Waals surface area contributed by atoms with Crippen molar-refractivity contribution in [2.45, 2.75) is 16.3 Å². The zero-order valence-electron chi connectivity index (χ0n) is 13.5. The molecule has 0 amide bonds. The highest BCUT2D eigenvalue weighted by Crippen LogP contribution is 2.30. The summed E-state index contributed by atoms with van der Waals surface area (Å²) < 4.78 is 31.5. The third-order valence-electron chi connectivity index (χ3n) is 3.54. The second-order valence-electron chi connectivity index (χ2n) is 5.59. The number of hydrogen-bond donors (Lipinski definition) is 0. The number of hydrogen-bond acceptors (Lipinski definition) is 5. The minimum atomic E-state index is -3.73. The lowest BCUT2D eigenvalue weighted by atomic mass is 10.2. The van der Waals surface area contributed by atoms with Crippen LogP contribution in [0.5, 0.6) is 0 Å². The van der Waals surface area contributed by atoms with Crippen LogP contribution in [0.15, 0.2) is 75.0 Å². The van der Waals surface area contributed by atoms with Gasteiger partial charge in [0.2, 0.25) is 26.6 Å². The fourth-order valence-corrected chi connectivity index (χ4v) is 3.77. The summed E-state index contributed by atoms with van der Waals surface area (Å²) in [5.41, 5.74) is 1.01. The summed E-state index contributed by atoms with van der Waals surface area (Å²) in [7, 11) is -0.267. The van der Waals surface area contributed by atoms with Crippen LogP contribution in [0.25, 0.3) is 0 Å². The molecule has 0 radical (unpaired) electrons. The number of rotatable bonds is 5. The van der Waals surface area contributed by atoms with Crippen molar-refractivity contribution in [2.24, 2.45) is 0 Å². The first-order valence-corrected chi connectivity index (χ1v) is 8.98. The first-order chi connectivity index (χ1) is 11.5. The van der Waals surface area contributed by atoms with Gasteiger partial charge in [-0.1, -0.05) is 48.5 Å². The van der Waals surface area contributed by atoms with Gasteiger partial charge in [-0.05, 0) is 17.7 Å². The molecule has 3 aromatic rings. The Kier molecular flexibility index (Phi) is 4.40. The van der Waals surface area contributed by atoms with Crippen LogP contribution in [-0.2, 0) is 16.3 Å². The molecule has 0 bridgehead atoms. The van der Waals surface area contributed by atoms with Crippen LogP contribution >= 0.6 is 0 Å². The number of nitrogens with zero attached hydrogens (tertiary/aromatic N) is 2. The van der Waals surface area contributed by atoms with Gasteiger partial charge in [0.05, 0.1) is 4.90 Å². The van der Waals surface area contributed by atoms with E-state index >= 15 is 0 Å². The number of aromatic nitrogens is 1. The van der Waals surface area contributed by atoms with E-state index in [4.69, 9.17) is 4.42 Å². The van der Waals surface area contributed by atoms with Crippen LogP contribution in [0, 0.1) is 0 Å². The Morgan fingerprint density at radius 1 is 0.958 bits per heavy atom. The molecule has 2 aromatic carbocycles. The van der Waals surface area contributed by atoms with E-state index < -0.39 is 9.84 Å². The Morgan fingerprint density at radius 3 is 2.12 bits per heavy atom. The second kappa shape index (κ2) is 6.49. The molecule has 5 nitrogen and oxygen atoms in total. The molecule has 0 unspecified atom stereocenters. The van der Waals surface area contributed by atoms with Crippen molar-refractivity contribution in [3.63, 3.8) is 0 Å². The Balaban J connectivity index is 2.04. The second-order valence-corrected chi connectivity index (χ2v) is 7.46. The third-order valence-corrected chi connectivity index (χ3v) is 5.20. The van der Waals surface area contributed by atoms with E-state index in [9.17, 15) is 8.42 Å². The Bertz CT molecular complexity index is 917. The van der Waals surface area contributed by atoms with Crippen LogP contribution in [0.3, 0.4) is 0 Å². The molecule has 0 saturated heterocycles. The summed E-state index contributed by atoms with van der Waals surface area (Å²) in [5.74, 6) is 0.615. The monoisotopic (exact) mass is 342 g/mol. The first kappa shape index (κ1) is 16.3. The fourth-order valence-electron chi connectivity index (χ4n) is 2.35. The van der Waals surface area contributed by atoms with Gasteiger partial charge in [-0.15, -0.1) is 0 Å². The molecule has 24 heavy (non-hydrogen) atoms. The van der Waals surface area contributed by atoms with Gasteiger partial charge in [0.15, 0.2) is 0 Å².